The maximum absolute atomic E-state index is 13.1. The number of aromatic nitrogens is 1. The van der Waals surface area contributed by atoms with Crippen molar-refractivity contribution in [3.8, 4) is 0 Å². The van der Waals surface area contributed by atoms with Gasteiger partial charge in [-0.2, -0.15) is 0 Å². The Morgan fingerprint density at radius 2 is 1.96 bits per heavy atom. The van der Waals surface area contributed by atoms with E-state index in [1.165, 1.54) is 39.7 Å². The number of halogens is 1. The lowest BCUT2D eigenvalue weighted by Gasteiger charge is -2.11. The maximum atomic E-state index is 13.1. The number of nitrogens with zero attached hydrogens (tertiary/aromatic N) is 1. The van der Waals surface area contributed by atoms with E-state index in [0.29, 0.717) is 0 Å². The zero-order valence-corrected chi connectivity index (χ0v) is 14.1. The Hall–Kier alpha value is -2.13. The summed E-state index contributed by atoms with van der Waals surface area (Å²) in [4.78, 5) is 0. The van der Waals surface area contributed by atoms with Crippen molar-refractivity contribution in [2.24, 2.45) is 0 Å². The predicted molar refractivity (Wildman–Crippen MR) is 96.8 cm³/mol. The molecule has 1 N–H and O–H groups in total. The summed E-state index contributed by atoms with van der Waals surface area (Å²) in [6.45, 7) is 5.14. The van der Waals surface area contributed by atoms with Gasteiger partial charge in [0.2, 0.25) is 0 Å². The van der Waals surface area contributed by atoms with E-state index in [0.717, 1.165) is 32.5 Å². The number of benzene rings is 2. The van der Waals surface area contributed by atoms with E-state index in [2.05, 4.69) is 35.0 Å². The molecular formula is C21H23FN2. The van der Waals surface area contributed by atoms with E-state index in [9.17, 15) is 4.39 Å². The SMILES string of the molecule is Cc1ccc2c(c1)c1c(n2CCc2ccc(F)cc2)CCCNC1. The quantitative estimate of drug-likeness (QED) is 0.758. The number of nitrogens with one attached hydrogen (secondary N) is 1. The third-order valence-corrected chi connectivity index (χ3v) is 5.05. The van der Waals surface area contributed by atoms with Crippen LogP contribution >= 0.6 is 0 Å². The van der Waals surface area contributed by atoms with Crippen LogP contribution in [-0.4, -0.2) is 11.1 Å². The van der Waals surface area contributed by atoms with E-state index in [1.54, 1.807) is 12.1 Å². The zero-order valence-electron chi connectivity index (χ0n) is 14.1. The highest BCUT2D eigenvalue weighted by Gasteiger charge is 2.18. The Bertz CT molecular complexity index is 862. The number of hydrogen-bond acceptors (Lipinski definition) is 1. The van der Waals surface area contributed by atoms with Crippen molar-refractivity contribution >= 4 is 10.9 Å². The second kappa shape index (κ2) is 6.40. The summed E-state index contributed by atoms with van der Waals surface area (Å²) in [5.41, 5.74) is 6.76. The Labute approximate surface area is 142 Å². The van der Waals surface area contributed by atoms with Gasteiger partial charge in [-0.25, -0.2) is 4.39 Å². The van der Waals surface area contributed by atoms with Crippen molar-refractivity contribution in [1.82, 2.24) is 9.88 Å². The Morgan fingerprint density at radius 1 is 1.12 bits per heavy atom. The molecule has 24 heavy (non-hydrogen) atoms. The summed E-state index contributed by atoms with van der Waals surface area (Å²) in [6.07, 6.45) is 3.23. The standard InChI is InChI=1S/C21H23FN2/c1-15-4-9-21-18(13-15)19-14-23-11-2-3-20(19)24(21)12-10-16-5-7-17(22)8-6-16/h4-9,13,23H,2-3,10-12,14H2,1H3. The average molecular weight is 322 g/mol. The maximum Gasteiger partial charge on any atom is 0.123 e. The van der Waals surface area contributed by atoms with E-state index in [4.69, 9.17) is 0 Å². The highest BCUT2D eigenvalue weighted by molar-refractivity contribution is 5.86. The van der Waals surface area contributed by atoms with Gasteiger partial charge in [0.05, 0.1) is 0 Å². The van der Waals surface area contributed by atoms with Crippen LogP contribution in [0.5, 0.6) is 0 Å². The van der Waals surface area contributed by atoms with E-state index in [-0.39, 0.29) is 5.82 Å². The Morgan fingerprint density at radius 3 is 2.79 bits per heavy atom. The third kappa shape index (κ3) is 2.84. The molecule has 3 aromatic rings. The monoisotopic (exact) mass is 322 g/mol. The number of rotatable bonds is 3. The minimum atomic E-state index is -0.166. The summed E-state index contributed by atoms with van der Waals surface area (Å²) in [7, 11) is 0. The molecule has 1 aliphatic rings. The topological polar surface area (TPSA) is 17.0 Å². The molecular weight excluding hydrogens is 299 g/mol. The molecule has 0 spiro atoms. The molecule has 2 heterocycles. The van der Waals surface area contributed by atoms with Crippen LogP contribution in [-0.2, 0) is 25.9 Å². The molecule has 0 fully saturated rings. The van der Waals surface area contributed by atoms with Gasteiger partial charge in [-0.3, -0.25) is 0 Å². The second-order valence-corrected chi connectivity index (χ2v) is 6.75. The van der Waals surface area contributed by atoms with Gasteiger partial charge in [-0.05, 0) is 68.1 Å². The molecule has 0 amide bonds. The van der Waals surface area contributed by atoms with Crippen LogP contribution in [0.1, 0.15) is 28.8 Å². The van der Waals surface area contributed by atoms with Crippen LogP contribution in [0.3, 0.4) is 0 Å². The molecule has 1 aliphatic heterocycles. The fourth-order valence-corrected chi connectivity index (χ4v) is 3.82. The van der Waals surface area contributed by atoms with Crippen LogP contribution in [0.25, 0.3) is 10.9 Å². The molecule has 124 valence electrons. The summed E-state index contributed by atoms with van der Waals surface area (Å²) >= 11 is 0. The molecule has 0 radical (unpaired) electrons. The summed E-state index contributed by atoms with van der Waals surface area (Å²) in [5, 5.41) is 4.94. The molecule has 0 atom stereocenters. The van der Waals surface area contributed by atoms with Crippen LogP contribution in [0.4, 0.5) is 4.39 Å². The van der Waals surface area contributed by atoms with E-state index < -0.39 is 0 Å². The first-order valence-electron chi connectivity index (χ1n) is 8.78. The molecule has 0 bridgehead atoms. The largest absolute Gasteiger partial charge is 0.344 e. The zero-order chi connectivity index (χ0) is 16.5. The smallest absolute Gasteiger partial charge is 0.123 e. The molecule has 2 aromatic carbocycles. The molecule has 4 rings (SSSR count). The van der Waals surface area contributed by atoms with Gasteiger partial charge in [0.25, 0.3) is 0 Å². The van der Waals surface area contributed by atoms with Crippen molar-refractivity contribution in [2.75, 3.05) is 6.54 Å². The number of aryl methyl sites for hydroxylation is 3. The van der Waals surface area contributed by atoms with Gasteiger partial charge in [-0.1, -0.05) is 23.8 Å². The molecule has 1 aromatic heterocycles. The van der Waals surface area contributed by atoms with Crippen molar-refractivity contribution < 1.29 is 4.39 Å². The van der Waals surface area contributed by atoms with Gasteiger partial charge in [-0.15, -0.1) is 0 Å². The second-order valence-electron chi connectivity index (χ2n) is 6.75. The van der Waals surface area contributed by atoms with Crippen molar-refractivity contribution in [3.05, 3.63) is 70.7 Å². The number of fused-ring (bicyclic) bond motifs is 3. The van der Waals surface area contributed by atoms with E-state index >= 15 is 0 Å². The molecule has 2 nitrogen and oxygen atoms in total. The lowest BCUT2D eigenvalue weighted by molar-refractivity contribution is 0.624. The summed E-state index contributed by atoms with van der Waals surface area (Å²) in [6, 6.07) is 13.7. The van der Waals surface area contributed by atoms with Gasteiger partial charge < -0.3 is 9.88 Å². The minimum Gasteiger partial charge on any atom is -0.344 e. The minimum absolute atomic E-state index is 0.166. The lowest BCUT2D eigenvalue weighted by atomic mass is 10.1. The van der Waals surface area contributed by atoms with Crippen LogP contribution < -0.4 is 5.32 Å². The molecule has 0 unspecified atom stereocenters. The van der Waals surface area contributed by atoms with Crippen molar-refractivity contribution in [3.63, 3.8) is 0 Å². The first kappa shape index (κ1) is 15.4. The Kier molecular flexibility index (Phi) is 4.11. The summed E-state index contributed by atoms with van der Waals surface area (Å²) < 4.78 is 15.6. The highest BCUT2D eigenvalue weighted by atomic mass is 19.1. The van der Waals surface area contributed by atoms with Gasteiger partial charge in [0.15, 0.2) is 0 Å². The lowest BCUT2D eigenvalue weighted by Crippen LogP contribution is -2.11. The highest BCUT2D eigenvalue weighted by Crippen LogP contribution is 2.30. The Balaban J connectivity index is 1.73. The van der Waals surface area contributed by atoms with E-state index in [1.807, 2.05) is 12.1 Å². The average Bonchev–Trinajstić information content (AvgIpc) is 2.74. The molecule has 0 aliphatic carbocycles. The first-order valence-corrected chi connectivity index (χ1v) is 8.78. The van der Waals surface area contributed by atoms with Gasteiger partial charge >= 0.3 is 0 Å². The molecule has 3 heteroatoms. The third-order valence-electron chi connectivity index (χ3n) is 5.05. The fraction of sp³-hybridized carbons (Fsp3) is 0.333. The first-order chi connectivity index (χ1) is 11.7. The van der Waals surface area contributed by atoms with Gasteiger partial charge in [0.1, 0.15) is 5.82 Å². The van der Waals surface area contributed by atoms with Crippen LogP contribution in [0, 0.1) is 12.7 Å². The van der Waals surface area contributed by atoms with Gasteiger partial charge in [0, 0.05) is 29.7 Å². The van der Waals surface area contributed by atoms with Crippen LogP contribution in [0.15, 0.2) is 42.5 Å². The predicted octanol–water partition coefficient (Wildman–Crippen LogP) is 4.37. The van der Waals surface area contributed by atoms with Crippen molar-refractivity contribution in [1.29, 1.82) is 0 Å². The normalized spacial score (nSPS) is 14.6. The molecule has 0 saturated heterocycles. The van der Waals surface area contributed by atoms with Crippen LogP contribution in [0.2, 0.25) is 0 Å². The fourth-order valence-electron chi connectivity index (χ4n) is 3.82. The summed E-state index contributed by atoms with van der Waals surface area (Å²) in [5.74, 6) is -0.166. The number of hydrogen-bond donors (Lipinski definition) is 1. The molecule has 0 saturated carbocycles. The van der Waals surface area contributed by atoms with Crippen molar-refractivity contribution in [2.45, 2.75) is 39.3 Å².